The number of halogens is 3. The summed E-state index contributed by atoms with van der Waals surface area (Å²) in [4.78, 5) is 4.21. The van der Waals surface area contributed by atoms with Crippen LogP contribution in [0.2, 0.25) is 0 Å². The molecule has 3 nitrogen and oxygen atoms in total. The third-order valence-electron chi connectivity index (χ3n) is 2.02. The smallest absolute Gasteiger partial charge is 0.365 e. The molecule has 0 aromatic carbocycles. The Hall–Kier alpha value is -0.660. The molecular weight excluding hydrogens is 265 g/mol. The first kappa shape index (κ1) is 15.4. The van der Waals surface area contributed by atoms with Crippen molar-refractivity contribution in [3.05, 3.63) is 16.1 Å². The minimum Gasteiger partial charge on any atom is -0.365 e. The highest BCUT2D eigenvalue weighted by atomic mass is 32.1. The van der Waals surface area contributed by atoms with Gasteiger partial charge in [-0.3, -0.25) is 0 Å². The van der Waals surface area contributed by atoms with Gasteiger partial charge < -0.3 is 10.1 Å². The Morgan fingerprint density at radius 2 is 2.17 bits per heavy atom. The lowest BCUT2D eigenvalue weighted by Crippen LogP contribution is -2.25. The van der Waals surface area contributed by atoms with Crippen LogP contribution in [0.1, 0.15) is 24.5 Å². The summed E-state index contributed by atoms with van der Waals surface area (Å²) in [5.41, 5.74) is 0.888. The standard InChI is InChI=1S/C11H17F3N2OS/c1-8(2)15-4-3-9-6-18-10(16-9)5-17-7-11(12,13)14/h6,8,15H,3-5,7H2,1-2H3. The van der Waals surface area contributed by atoms with Crippen molar-refractivity contribution in [2.75, 3.05) is 13.2 Å². The zero-order chi connectivity index (χ0) is 13.6. The molecule has 0 fully saturated rings. The third-order valence-corrected chi connectivity index (χ3v) is 2.90. The number of rotatable bonds is 7. The van der Waals surface area contributed by atoms with Gasteiger partial charge in [-0.25, -0.2) is 4.98 Å². The summed E-state index contributed by atoms with van der Waals surface area (Å²) in [5, 5.41) is 5.69. The number of ether oxygens (including phenoxy) is 1. The molecule has 0 amide bonds. The van der Waals surface area contributed by atoms with Crippen LogP contribution in [0.15, 0.2) is 5.38 Å². The van der Waals surface area contributed by atoms with Crippen molar-refractivity contribution in [2.24, 2.45) is 0 Å². The van der Waals surface area contributed by atoms with Gasteiger partial charge in [-0.05, 0) is 0 Å². The van der Waals surface area contributed by atoms with Gasteiger partial charge in [-0.15, -0.1) is 11.3 Å². The molecule has 18 heavy (non-hydrogen) atoms. The molecule has 7 heteroatoms. The molecule has 0 atom stereocenters. The predicted molar refractivity (Wildman–Crippen MR) is 64.7 cm³/mol. The molecule has 0 aliphatic carbocycles. The van der Waals surface area contributed by atoms with Crippen molar-refractivity contribution in [3.63, 3.8) is 0 Å². The van der Waals surface area contributed by atoms with Crippen LogP contribution in [0.4, 0.5) is 13.2 Å². The van der Waals surface area contributed by atoms with Crippen molar-refractivity contribution >= 4 is 11.3 Å². The molecule has 1 N–H and O–H groups in total. The summed E-state index contributed by atoms with van der Waals surface area (Å²) in [6.45, 7) is 3.61. The van der Waals surface area contributed by atoms with Crippen molar-refractivity contribution in [1.29, 1.82) is 0 Å². The second kappa shape index (κ2) is 7.06. The summed E-state index contributed by atoms with van der Waals surface area (Å²) in [6.07, 6.45) is -3.50. The first-order valence-electron chi connectivity index (χ1n) is 5.68. The second-order valence-corrected chi connectivity index (χ2v) is 5.14. The van der Waals surface area contributed by atoms with Gasteiger partial charge in [0.2, 0.25) is 0 Å². The largest absolute Gasteiger partial charge is 0.411 e. The molecular formula is C11H17F3N2OS. The van der Waals surface area contributed by atoms with E-state index in [4.69, 9.17) is 0 Å². The van der Waals surface area contributed by atoms with Crippen LogP contribution in [-0.4, -0.2) is 30.4 Å². The van der Waals surface area contributed by atoms with Crippen LogP contribution in [0.3, 0.4) is 0 Å². The van der Waals surface area contributed by atoms with E-state index in [2.05, 4.69) is 28.9 Å². The number of aromatic nitrogens is 1. The van der Waals surface area contributed by atoms with Crippen LogP contribution in [0.5, 0.6) is 0 Å². The third kappa shape index (κ3) is 6.93. The lowest BCUT2D eigenvalue weighted by molar-refractivity contribution is -0.176. The molecule has 0 radical (unpaired) electrons. The molecule has 1 rings (SSSR count). The van der Waals surface area contributed by atoms with Crippen molar-refractivity contribution in [2.45, 2.75) is 39.1 Å². The SMILES string of the molecule is CC(C)NCCc1csc(COCC(F)(F)F)n1. The van der Waals surface area contributed by atoms with Gasteiger partial charge in [0.15, 0.2) is 0 Å². The molecule has 1 heterocycles. The number of alkyl halides is 3. The van der Waals surface area contributed by atoms with Crippen LogP contribution in [-0.2, 0) is 17.8 Å². The maximum Gasteiger partial charge on any atom is 0.411 e. The number of nitrogens with zero attached hydrogens (tertiary/aromatic N) is 1. The maximum atomic E-state index is 11.9. The fraction of sp³-hybridized carbons (Fsp3) is 0.727. The normalized spacial score (nSPS) is 12.3. The maximum absolute atomic E-state index is 11.9. The highest BCUT2D eigenvalue weighted by Gasteiger charge is 2.27. The Bertz CT molecular complexity index is 352. The van der Waals surface area contributed by atoms with Crippen molar-refractivity contribution in [3.8, 4) is 0 Å². The number of hydrogen-bond acceptors (Lipinski definition) is 4. The second-order valence-electron chi connectivity index (χ2n) is 4.20. The number of thiazole rings is 1. The zero-order valence-corrected chi connectivity index (χ0v) is 11.2. The average Bonchev–Trinajstić information content (AvgIpc) is 2.63. The Morgan fingerprint density at radius 3 is 2.78 bits per heavy atom. The van der Waals surface area contributed by atoms with E-state index in [0.717, 1.165) is 18.7 Å². The Kier molecular flexibility index (Phi) is 6.04. The molecule has 0 aliphatic heterocycles. The molecule has 0 aliphatic rings. The van der Waals surface area contributed by atoms with E-state index >= 15 is 0 Å². The molecule has 0 spiro atoms. The summed E-state index contributed by atoms with van der Waals surface area (Å²) < 4.78 is 40.1. The van der Waals surface area contributed by atoms with E-state index in [1.54, 1.807) is 0 Å². The number of hydrogen-bond donors (Lipinski definition) is 1. The van der Waals surface area contributed by atoms with Gasteiger partial charge in [0.05, 0.1) is 12.3 Å². The zero-order valence-electron chi connectivity index (χ0n) is 10.4. The summed E-state index contributed by atoms with van der Waals surface area (Å²) in [7, 11) is 0. The predicted octanol–water partition coefficient (Wildman–Crippen LogP) is 2.76. The molecule has 1 aromatic heterocycles. The quantitative estimate of drug-likeness (QED) is 0.835. The highest BCUT2D eigenvalue weighted by Crippen LogP contribution is 2.17. The fourth-order valence-electron chi connectivity index (χ4n) is 1.27. The summed E-state index contributed by atoms with van der Waals surface area (Å²) >= 11 is 1.33. The van der Waals surface area contributed by atoms with Gasteiger partial charge >= 0.3 is 6.18 Å². The first-order valence-corrected chi connectivity index (χ1v) is 6.56. The summed E-state index contributed by atoms with van der Waals surface area (Å²) in [6, 6.07) is 0.415. The molecule has 0 unspecified atom stereocenters. The van der Waals surface area contributed by atoms with E-state index < -0.39 is 12.8 Å². The summed E-state index contributed by atoms with van der Waals surface area (Å²) in [5.74, 6) is 0. The fourth-order valence-corrected chi connectivity index (χ4v) is 2.04. The minimum absolute atomic E-state index is 0.0816. The van der Waals surface area contributed by atoms with Gasteiger partial charge in [-0.2, -0.15) is 13.2 Å². The van der Waals surface area contributed by atoms with E-state index in [0.29, 0.717) is 11.0 Å². The first-order chi connectivity index (χ1) is 8.37. The molecule has 0 saturated heterocycles. The highest BCUT2D eigenvalue weighted by molar-refractivity contribution is 7.09. The monoisotopic (exact) mass is 282 g/mol. The van der Waals surface area contributed by atoms with Crippen LogP contribution in [0, 0.1) is 0 Å². The van der Waals surface area contributed by atoms with Gasteiger partial charge in [0.25, 0.3) is 0 Å². The van der Waals surface area contributed by atoms with Crippen LogP contribution in [0.25, 0.3) is 0 Å². The average molecular weight is 282 g/mol. The Labute approximate surface area is 108 Å². The lowest BCUT2D eigenvalue weighted by Gasteiger charge is -2.06. The molecule has 1 aromatic rings. The molecule has 0 bridgehead atoms. The molecule has 104 valence electrons. The van der Waals surface area contributed by atoms with E-state index in [9.17, 15) is 13.2 Å². The Morgan fingerprint density at radius 1 is 1.44 bits per heavy atom. The Balaban J connectivity index is 2.26. The van der Waals surface area contributed by atoms with E-state index in [1.165, 1.54) is 11.3 Å². The van der Waals surface area contributed by atoms with Gasteiger partial charge in [-0.1, -0.05) is 13.8 Å². The van der Waals surface area contributed by atoms with Gasteiger partial charge in [0, 0.05) is 24.4 Å². The number of nitrogens with one attached hydrogen (secondary N) is 1. The van der Waals surface area contributed by atoms with Crippen molar-refractivity contribution < 1.29 is 17.9 Å². The van der Waals surface area contributed by atoms with Crippen molar-refractivity contribution in [1.82, 2.24) is 10.3 Å². The lowest BCUT2D eigenvalue weighted by atomic mass is 10.3. The van der Waals surface area contributed by atoms with Crippen LogP contribution < -0.4 is 5.32 Å². The van der Waals surface area contributed by atoms with E-state index in [-0.39, 0.29) is 6.61 Å². The van der Waals surface area contributed by atoms with Crippen LogP contribution >= 0.6 is 11.3 Å². The molecule has 0 saturated carbocycles. The minimum atomic E-state index is -4.28. The van der Waals surface area contributed by atoms with Gasteiger partial charge in [0.1, 0.15) is 11.6 Å². The van der Waals surface area contributed by atoms with E-state index in [1.807, 2.05) is 5.38 Å². The topological polar surface area (TPSA) is 34.1 Å².